The molecular formula is C15H29. The predicted molar refractivity (Wildman–Crippen MR) is 71.0 cm³/mol. The number of rotatable bonds is 11. The molecule has 0 unspecified atom stereocenters. The Morgan fingerprint density at radius 1 is 0.733 bits per heavy atom. The Morgan fingerprint density at radius 2 is 1.27 bits per heavy atom. The molecule has 0 atom stereocenters. The maximum absolute atomic E-state index is 3.86. The van der Waals surface area contributed by atoms with Gasteiger partial charge in [-0.25, -0.2) is 0 Å². The minimum atomic E-state index is 1.11. The second kappa shape index (κ2) is 13.7. The van der Waals surface area contributed by atoms with Gasteiger partial charge in [0.25, 0.3) is 0 Å². The second-order valence-corrected chi connectivity index (χ2v) is 4.38. The molecule has 0 amide bonds. The summed E-state index contributed by atoms with van der Waals surface area (Å²) in [6.45, 7) is 6.09. The SMILES string of the molecule is [CH2]CCCCCCCCCC=CCCC. The van der Waals surface area contributed by atoms with Gasteiger partial charge in [0.1, 0.15) is 0 Å². The molecule has 0 heteroatoms. The van der Waals surface area contributed by atoms with Crippen molar-refractivity contribution in [1.29, 1.82) is 0 Å². The van der Waals surface area contributed by atoms with Crippen molar-refractivity contribution in [2.45, 2.75) is 77.6 Å². The normalized spacial score (nSPS) is 11.3. The highest BCUT2D eigenvalue weighted by atomic mass is 14.0. The van der Waals surface area contributed by atoms with Crippen LogP contribution in [0.25, 0.3) is 0 Å². The van der Waals surface area contributed by atoms with Crippen molar-refractivity contribution in [2.24, 2.45) is 0 Å². The van der Waals surface area contributed by atoms with E-state index in [-0.39, 0.29) is 0 Å². The van der Waals surface area contributed by atoms with Crippen molar-refractivity contribution >= 4 is 0 Å². The zero-order valence-electron chi connectivity index (χ0n) is 10.6. The van der Waals surface area contributed by atoms with E-state index < -0.39 is 0 Å². The molecule has 89 valence electrons. The topological polar surface area (TPSA) is 0 Å². The molecule has 0 nitrogen and oxygen atoms in total. The van der Waals surface area contributed by atoms with Crippen LogP contribution in [0.2, 0.25) is 0 Å². The Hall–Kier alpha value is -0.260. The lowest BCUT2D eigenvalue weighted by Crippen LogP contribution is -1.79. The Bertz CT molecular complexity index is 124. The van der Waals surface area contributed by atoms with Crippen LogP contribution in [0.15, 0.2) is 12.2 Å². The van der Waals surface area contributed by atoms with Crippen LogP contribution in [0.5, 0.6) is 0 Å². The molecule has 0 heterocycles. The lowest BCUT2D eigenvalue weighted by Gasteiger charge is -1.99. The van der Waals surface area contributed by atoms with E-state index in [1.165, 1.54) is 64.2 Å². The maximum atomic E-state index is 3.86. The van der Waals surface area contributed by atoms with Crippen LogP contribution >= 0.6 is 0 Å². The summed E-state index contributed by atoms with van der Waals surface area (Å²) in [5.74, 6) is 0. The quantitative estimate of drug-likeness (QED) is 0.303. The van der Waals surface area contributed by atoms with E-state index in [1.54, 1.807) is 0 Å². The largest absolute Gasteiger partial charge is 0.0885 e. The van der Waals surface area contributed by atoms with Gasteiger partial charge < -0.3 is 0 Å². The first-order valence-corrected chi connectivity index (χ1v) is 6.86. The van der Waals surface area contributed by atoms with E-state index in [0.717, 1.165) is 6.42 Å². The lowest BCUT2D eigenvalue weighted by atomic mass is 10.1. The van der Waals surface area contributed by atoms with E-state index in [9.17, 15) is 0 Å². The molecule has 1 radical (unpaired) electrons. The van der Waals surface area contributed by atoms with Crippen LogP contribution in [0.4, 0.5) is 0 Å². The van der Waals surface area contributed by atoms with Gasteiger partial charge in [0.2, 0.25) is 0 Å². The van der Waals surface area contributed by atoms with Gasteiger partial charge in [0, 0.05) is 0 Å². The van der Waals surface area contributed by atoms with E-state index in [0.29, 0.717) is 0 Å². The molecule has 0 aliphatic heterocycles. The second-order valence-electron chi connectivity index (χ2n) is 4.38. The van der Waals surface area contributed by atoms with E-state index in [2.05, 4.69) is 26.0 Å². The summed E-state index contributed by atoms with van der Waals surface area (Å²) >= 11 is 0. The van der Waals surface area contributed by atoms with Crippen LogP contribution in [-0.2, 0) is 0 Å². The first-order valence-electron chi connectivity index (χ1n) is 6.86. The first kappa shape index (κ1) is 14.7. The average Bonchev–Trinajstić information content (AvgIpc) is 2.26. The smallest absolute Gasteiger partial charge is 0.0351 e. The molecule has 0 aromatic rings. The summed E-state index contributed by atoms with van der Waals surface area (Å²) < 4.78 is 0. The van der Waals surface area contributed by atoms with E-state index in [4.69, 9.17) is 0 Å². The Morgan fingerprint density at radius 3 is 1.87 bits per heavy atom. The zero-order valence-corrected chi connectivity index (χ0v) is 10.6. The molecule has 0 aromatic carbocycles. The number of hydrogen-bond donors (Lipinski definition) is 0. The van der Waals surface area contributed by atoms with Gasteiger partial charge >= 0.3 is 0 Å². The van der Waals surface area contributed by atoms with Crippen LogP contribution in [0, 0.1) is 6.92 Å². The van der Waals surface area contributed by atoms with Gasteiger partial charge in [-0.05, 0) is 19.3 Å². The number of hydrogen-bond acceptors (Lipinski definition) is 0. The molecule has 0 aliphatic rings. The van der Waals surface area contributed by atoms with Gasteiger partial charge in [-0.15, -0.1) is 0 Å². The fraction of sp³-hybridized carbons (Fsp3) is 0.800. The highest BCUT2D eigenvalue weighted by Gasteiger charge is 1.90. The molecule has 0 aromatic heterocycles. The van der Waals surface area contributed by atoms with Crippen LogP contribution < -0.4 is 0 Å². The average molecular weight is 209 g/mol. The predicted octanol–water partition coefficient (Wildman–Crippen LogP) is 5.69. The number of allylic oxidation sites excluding steroid dienone is 2. The van der Waals surface area contributed by atoms with Crippen LogP contribution in [0.3, 0.4) is 0 Å². The van der Waals surface area contributed by atoms with Crippen LogP contribution in [-0.4, -0.2) is 0 Å². The molecule has 0 bridgehead atoms. The van der Waals surface area contributed by atoms with Crippen molar-refractivity contribution in [1.82, 2.24) is 0 Å². The first-order chi connectivity index (χ1) is 7.41. The molecule has 0 saturated heterocycles. The Labute approximate surface area is 97.2 Å². The summed E-state index contributed by atoms with van der Waals surface area (Å²) in [5, 5.41) is 0. The van der Waals surface area contributed by atoms with Crippen molar-refractivity contribution in [3.8, 4) is 0 Å². The fourth-order valence-corrected chi connectivity index (χ4v) is 1.73. The molecule has 0 spiro atoms. The fourth-order valence-electron chi connectivity index (χ4n) is 1.73. The highest BCUT2D eigenvalue weighted by molar-refractivity contribution is 4.80. The zero-order chi connectivity index (χ0) is 11.2. The highest BCUT2D eigenvalue weighted by Crippen LogP contribution is 2.09. The third-order valence-corrected chi connectivity index (χ3v) is 2.74. The van der Waals surface area contributed by atoms with Crippen molar-refractivity contribution in [3.05, 3.63) is 19.1 Å². The molecule has 15 heavy (non-hydrogen) atoms. The lowest BCUT2D eigenvalue weighted by molar-refractivity contribution is 0.583. The summed E-state index contributed by atoms with van der Waals surface area (Å²) in [4.78, 5) is 0. The van der Waals surface area contributed by atoms with Crippen molar-refractivity contribution in [3.63, 3.8) is 0 Å². The van der Waals surface area contributed by atoms with Gasteiger partial charge in [0.05, 0.1) is 0 Å². The molecule has 0 saturated carbocycles. The van der Waals surface area contributed by atoms with Gasteiger partial charge in [-0.1, -0.05) is 77.4 Å². The minimum Gasteiger partial charge on any atom is -0.0885 e. The van der Waals surface area contributed by atoms with E-state index in [1.807, 2.05) is 0 Å². The summed E-state index contributed by atoms with van der Waals surface area (Å²) in [5.41, 5.74) is 0. The summed E-state index contributed by atoms with van der Waals surface area (Å²) in [6, 6.07) is 0. The van der Waals surface area contributed by atoms with E-state index >= 15 is 0 Å². The summed E-state index contributed by atoms with van der Waals surface area (Å²) in [6.07, 6.45) is 19.4. The Kier molecular flexibility index (Phi) is 13.5. The molecule has 0 rings (SSSR count). The van der Waals surface area contributed by atoms with Crippen molar-refractivity contribution in [2.75, 3.05) is 0 Å². The van der Waals surface area contributed by atoms with Crippen molar-refractivity contribution < 1.29 is 0 Å². The van der Waals surface area contributed by atoms with Gasteiger partial charge in [-0.3, -0.25) is 0 Å². The molecule has 0 aliphatic carbocycles. The third-order valence-electron chi connectivity index (χ3n) is 2.74. The molecule has 0 fully saturated rings. The number of unbranched alkanes of at least 4 members (excludes halogenated alkanes) is 9. The monoisotopic (exact) mass is 209 g/mol. The standard InChI is InChI=1S/C15H29/c1-3-5-7-9-11-13-15-14-12-10-8-6-4-2/h8,10H,1,3-7,9,11-15H2,2H3. The summed E-state index contributed by atoms with van der Waals surface area (Å²) in [7, 11) is 0. The molecular weight excluding hydrogens is 180 g/mol. The van der Waals surface area contributed by atoms with Crippen LogP contribution in [0.1, 0.15) is 77.6 Å². The van der Waals surface area contributed by atoms with Gasteiger partial charge in [0.15, 0.2) is 0 Å². The minimum absolute atomic E-state index is 1.11. The third kappa shape index (κ3) is 13.7. The van der Waals surface area contributed by atoms with Gasteiger partial charge in [-0.2, -0.15) is 0 Å². The maximum Gasteiger partial charge on any atom is -0.0351 e. The Balaban J connectivity index is 2.92. The molecule has 0 N–H and O–H groups in total.